The van der Waals surface area contributed by atoms with Crippen LogP contribution in [0.15, 0.2) is 30.3 Å². The number of carboxylic acids is 1. The molecule has 0 spiro atoms. The number of rotatable bonds is 6. The second-order valence-electron chi connectivity index (χ2n) is 4.99. The molecule has 3 heteroatoms. The van der Waals surface area contributed by atoms with Crippen molar-refractivity contribution in [1.82, 2.24) is 0 Å². The van der Waals surface area contributed by atoms with Crippen LogP contribution in [0.25, 0.3) is 0 Å². The summed E-state index contributed by atoms with van der Waals surface area (Å²) in [7, 11) is 0. The average molecular weight is 248 g/mol. The van der Waals surface area contributed by atoms with Gasteiger partial charge in [-0.2, -0.15) is 0 Å². The SMILES string of the molecule is CC(=O)C(C)(C(=O)O)C(C)CCc1ccccc1. The number of carbonyl (C=O) groups excluding carboxylic acids is 1. The van der Waals surface area contributed by atoms with Crippen LogP contribution in [0.3, 0.4) is 0 Å². The standard InChI is InChI=1S/C15H20O3/c1-11(15(3,12(2)16)14(17)18)9-10-13-7-5-4-6-8-13/h4-8,11H,9-10H2,1-3H3,(H,17,18). The fourth-order valence-corrected chi connectivity index (χ4v) is 2.02. The molecule has 1 aromatic carbocycles. The summed E-state index contributed by atoms with van der Waals surface area (Å²) in [5.74, 6) is -1.50. The van der Waals surface area contributed by atoms with Gasteiger partial charge < -0.3 is 5.11 Å². The van der Waals surface area contributed by atoms with Crippen molar-refractivity contribution in [3.63, 3.8) is 0 Å². The molecule has 98 valence electrons. The van der Waals surface area contributed by atoms with E-state index < -0.39 is 11.4 Å². The summed E-state index contributed by atoms with van der Waals surface area (Å²) < 4.78 is 0. The van der Waals surface area contributed by atoms with E-state index in [1.807, 2.05) is 37.3 Å². The van der Waals surface area contributed by atoms with Crippen LogP contribution in [0.5, 0.6) is 0 Å². The summed E-state index contributed by atoms with van der Waals surface area (Å²) in [5.41, 5.74) is -0.116. The molecule has 0 radical (unpaired) electrons. The van der Waals surface area contributed by atoms with Crippen LogP contribution in [-0.4, -0.2) is 16.9 Å². The number of carbonyl (C=O) groups is 2. The van der Waals surface area contributed by atoms with Crippen molar-refractivity contribution in [3.05, 3.63) is 35.9 Å². The Labute approximate surface area is 108 Å². The van der Waals surface area contributed by atoms with Gasteiger partial charge in [0.25, 0.3) is 0 Å². The lowest BCUT2D eigenvalue weighted by Gasteiger charge is -2.28. The first-order valence-corrected chi connectivity index (χ1v) is 6.17. The molecule has 0 saturated carbocycles. The number of Topliss-reactive ketones (excluding diaryl/α,β-unsaturated/α-hetero) is 1. The molecule has 0 aromatic heterocycles. The first kappa shape index (κ1) is 14.4. The van der Waals surface area contributed by atoms with Crippen LogP contribution in [0.1, 0.15) is 32.8 Å². The average Bonchev–Trinajstić information content (AvgIpc) is 2.35. The molecule has 1 N–H and O–H groups in total. The molecule has 18 heavy (non-hydrogen) atoms. The van der Waals surface area contributed by atoms with Gasteiger partial charge in [-0.15, -0.1) is 0 Å². The summed E-state index contributed by atoms with van der Waals surface area (Å²) in [4.78, 5) is 22.9. The maximum absolute atomic E-state index is 11.6. The van der Waals surface area contributed by atoms with Gasteiger partial charge in [0.05, 0.1) is 0 Å². The van der Waals surface area contributed by atoms with Crippen LogP contribution in [0, 0.1) is 11.3 Å². The fraction of sp³-hybridized carbons (Fsp3) is 0.467. The van der Waals surface area contributed by atoms with Crippen molar-refractivity contribution in [2.75, 3.05) is 0 Å². The number of hydrogen-bond donors (Lipinski definition) is 1. The van der Waals surface area contributed by atoms with Crippen molar-refractivity contribution in [3.8, 4) is 0 Å². The highest BCUT2D eigenvalue weighted by molar-refractivity contribution is 6.01. The van der Waals surface area contributed by atoms with Crippen LogP contribution in [0.4, 0.5) is 0 Å². The van der Waals surface area contributed by atoms with Crippen molar-refractivity contribution >= 4 is 11.8 Å². The van der Waals surface area contributed by atoms with E-state index in [0.29, 0.717) is 6.42 Å². The van der Waals surface area contributed by atoms with Gasteiger partial charge in [0.2, 0.25) is 0 Å². The zero-order valence-electron chi connectivity index (χ0n) is 11.1. The second-order valence-corrected chi connectivity index (χ2v) is 4.99. The molecule has 0 aliphatic rings. The van der Waals surface area contributed by atoms with E-state index in [2.05, 4.69) is 0 Å². The highest BCUT2D eigenvalue weighted by atomic mass is 16.4. The number of aliphatic carboxylic acids is 1. The van der Waals surface area contributed by atoms with Gasteiger partial charge in [-0.1, -0.05) is 37.3 Å². The molecule has 0 amide bonds. The molecule has 0 saturated heterocycles. The maximum atomic E-state index is 11.6. The topological polar surface area (TPSA) is 54.4 Å². The van der Waals surface area contributed by atoms with Crippen LogP contribution in [0.2, 0.25) is 0 Å². The Morgan fingerprint density at radius 2 is 1.83 bits per heavy atom. The molecule has 2 atom stereocenters. The first-order chi connectivity index (χ1) is 8.39. The Morgan fingerprint density at radius 3 is 2.28 bits per heavy atom. The molecular formula is C15H20O3. The van der Waals surface area contributed by atoms with Crippen molar-refractivity contribution < 1.29 is 14.7 Å². The minimum atomic E-state index is -1.28. The van der Waals surface area contributed by atoms with Gasteiger partial charge in [-0.3, -0.25) is 9.59 Å². The third-order valence-electron chi connectivity index (χ3n) is 3.87. The lowest BCUT2D eigenvalue weighted by atomic mass is 9.73. The molecule has 0 bridgehead atoms. The molecular weight excluding hydrogens is 228 g/mol. The van der Waals surface area contributed by atoms with E-state index in [-0.39, 0.29) is 11.7 Å². The number of carboxylic acid groups (broad SMARTS) is 1. The van der Waals surface area contributed by atoms with Gasteiger partial charge in [-0.25, -0.2) is 0 Å². The molecule has 0 heterocycles. The summed E-state index contributed by atoms with van der Waals surface area (Å²) in [6.45, 7) is 4.71. The quantitative estimate of drug-likeness (QED) is 0.787. The second kappa shape index (κ2) is 5.80. The minimum absolute atomic E-state index is 0.187. The number of aryl methyl sites for hydroxylation is 1. The predicted octanol–water partition coefficient (Wildman–Crippen LogP) is 2.94. The summed E-state index contributed by atoms with van der Waals surface area (Å²) in [5, 5.41) is 9.25. The van der Waals surface area contributed by atoms with Crippen LogP contribution in [-0.2, 0) is 16.0 Å². The van der Waals surface area contributed by atoms with Gasteiger partial charge in [-0.05, 0) is 38.2 Å². The number of hydrogen-bond acceptors (Lipinski definition) is 2. The van der Waals surface area contributed by atoms with E-state index in [0.717, 1.165) is 6.42 Å². The van der Waals surface area contributed by atoms with Gasteiger partial charge in [0.15, 0.2) is 0 Å². The molecule has 2 unspecified atom stereocenters. The predicted molar refractivity (Wildman–Crippen MR) is 70.4 cm³/mol. The van der Waals surface area contributed by atoms with E-state index in [4.69, 9.17) is 0 Å². The minimum Gasteiger partial charge on any atom is -0.480 e. The van der Waals surface area contributed by atoms with Crippen LogP contribution < -0.4 is 0 Å². The molecule has 1 rings (SSSR count). The molecule has 0 aliphatic carbocycles. The first-order valence-electron chi connectivity index (χ1n) is 6.17. The Morgan fingerprint density at radius 1 is 1.28 bits per heavy atom. The highest BCUT2D eigenvalue weighted by Gasteiger charge is 2.43. The number of benzene rings is 1. The van der Waals surface area contributed by atoms with Crippen molar-refractivity contribution in [1.29, 1.82) is 0 Å². The zero-order chi connectivity index (χ0) is 13.8. The summed E-state index contributed by atoms with van der Waals surface area (Å²) in [6, 6.07) is 9.89. The molecule has 3 nitrogen and oxygen atoms in total. The van der Waals surface area contributed by atoms with Gasteiger partial charge in [0, 0.05) is 0 Å². The Balaban J connectivity index is 2.72. The molecule has 1 aromatic rings. The lowest BCUT2D eigenvalue weighted by molar-refractivity contribution is -0.156. The summed E-state index contributed by atoms with van der Waals surface area (Å²) in [6.07, 6.45) is 1.48. The third-order valence-corrected chi connectivity index (χ3v) is 3.87. The zero-order valence-corrected chi connectivity index (χ0v) is 11.1. The van der Waals surface area contributed by atoms with E-state index in [1.54, 1.807) is 0 Å². The number of ketones is 1. The monoisotopic (exact) mass is 248 g/mol. The maximum Gasteiger partial charge on any atom is 0.317 e. The van der Waals surface area contributed by atoms with Gasteiger partial charge in [0.1, 0.15) is 11.2 Å². The Hall–Kier alpha value is -1.64. The van der Waals surface area contributed by atoms with E-state index in [9.17, 15) is 14.7 Å². The molecule has 0 fully saturated rings. The fourth-order valence-electron chi connectivity index (χ4n) is 2.02. The van der Waals surface area contributed by atoms with E-state index >= 15 is 0 Å². The largest absolute Gasteiger partial charge is 0.480 e. The van der Waals surface area contributed by atoms with E-state index in [1.165, 1.54) is 19.4 Å². The summed E-state index contributed by atoms with van der Waals surface area (Å²) >= 11 is 0. The third kappa shape index (κ3) is 2.97. The van der Waals surface area contributed by atoms with Gasteiger partial charge >= 0.3 is 5.97 Å². The van der Waals surface area contributed by atoms with Crippen molar-refractivity contribution in [2.45, 2.75) is 33.6 Å². The van der Waals surface area contributed by atoms with Crippen molar-refractivity contribution in [2.24, 2.45) is 11.3 Å². The Bertz CT molecular complexity index is 409. The van der Waals surface area contributed by atoms with Crippen LogP contribution >= 0.6 is 0 Å². The smallest absolute Gasteiger partial charge is 0.317 e. The highest BCUT2D eigenvalue weighted by Crippen LogP contribution is 2.32. The lowest BCUT2D eigenvalue weighted by Crippen LogP contribution is -2.41. The normalized spacial score (nSPS) is 15.7. The Kier molecular flexibility index (Phi) is 4.65. The molecule has 0 aliphatic heterocycles.